The maximum absolute atomic E-state index is 12.6. The summed E-state index contributed by atoms with van der Waals surface area (Å²) in [7, 11) is 0. The van der Waals surface area contributed by atoms with Crippen molar-refractivity contribution in [2.45, 2.75) is 51.9 Å². The van der Waals surface area contributed by atoms with Crippen molar-refractivity contribution in [1.82, 2.24) is 25.1 Å². The summed E-state index contributed by atoms with van der Waals surface area (Å²) in [6.07, 6.45) is 2.80. The molecular formula is C18H25N5O2. The molecule has 25 heavy (non-hydrogen) atoms. The van der Waals surface area contributed by atoms with Gasteiger partial charge in [0.25, 0.3) is 0 Å². The van der Waals surface area contributed by atoms with Gasteiger partial charge in [-0.25, -0.2) is 4.68 Å². The quantitative estimate of drug-likeness (QED) is 0.794. The molecule has 0 aliphatic carbocycles. The Bertz CT molecular complexity index is 678. The van der Waals surface area contributed by atoms with Crippen molar-refractivity contribution in [2.75, 3.05) is 13.1 Å². The fourth-order valence-corrected chi connectivity index (χ4v) is 3.23. The SMILES string of the molecule is C[C@@H]1CN(C(=O)Cn2nnnc2CCCc2ccccc2)C[C@H](C)O1. The zero-order chi connectivity index (χ0) is 17.6. The molecule has 134 valence electrons. The summed E-state index contributed by atoms with van der Waals surface area (Å²) in [6, 6.07) is 10.3. The summed E-state index contributed by atoms with van der Waals surface area (Å²) in [5.41, 5.74) is 1.30. The first-order chi connectivity index (χ1) is 12.1. The molecule has 1 aliphatic rings. The first kappa shape index (κ1) is 17.5. The Balaban J connectivity index is 1.53. The van der Waals surface area contributed by atoms with Crippen LogP contribution in [-0.4, -0.2) is 56.3 Å². The second-order valence-corrected chi connectivity index (χ2v) is 6.65. The van der Waals surface area contributed by atoms with Crippen LogP contribution in [0.2, 0.25) is 0 Å². The van der Waals surface area contributed by atoms with Crippen LogP contribution in [0, 0.1) is 0 Å². The van der Waals surface area contributed by atoms with Gasteiger partial charge in [0, 0.05) is 19.5 Å². The van der Waals surface area contributed by atoms with Gasteiger partial charge in [0.1, 0.15) is 6.54 Å². The van der Waals surface area contributed by atoms with Crippen LogP contribution in [0.5, 0.6) is 0 Å². The third-order valence-corrected chi connectivity index (χ3v) is 4.37. The molecule has 1 aromatic carbocycles. The Morgan fingerprint density at radius 2 is 1.88 bits per heavy atom. The van der Waals surface area contributed by atoms with E-state index in [9.17, 15) is 4.79 Å². The molecule has 1 amide bonds. The van der Waals surface area contributed by atoms with E-state index in [0.29, 0.717) is 13.1 Å². The average Bonchev–Trinajstić information content (AvgIpc) is 3.02. The number of aryl methyl sites for hydroxylation is 2. The minimum Gasteiger partial charge on any atom is -0.372 e. The lowest BCUT2D eigenvalue weighted by Gasteiger charge is -2.35. The molecule has 0 spiro atoms. The van der Waals surface area contributed by atoms with Crippen molar-refractivity contribution in [2.24, 2.45) is 0 Å². The monoisotopic (exact) mass is 343 g/mol. The number of tetrazole rings is 1. The molecule has 2 atom stereocenters. The number of carbonyl (C=O) groups excluding carboxylic acids is 1. The molecule has 1 fully saturated rings. The zero-order valence-corrected chi connectivity index (χ0v) is 14.8. The van der Waals surface area contributed by atoms with E-state index in [1.54, 1.807) is 4.68 Å². The first-order valence-electron chi connectivity index (χ1n) is 8.84. The van der Waals surface area contributed by atoms with Crippen LogP contribution in [0.3, 0.4) is 0 Å². The lowest BCUT2D eigenvalue weighted by Crippen LogP contribution is -2.49. The van der Waals surface area contributed by atoms with Crippen LogP contribution in [0.1, 0.15) is 31.7 Å². The molecule has 3 rings (SSSR count). The Hall–Kier alpha value is -2.28. The predicted octanol–water partition coefficient (Wildman–Crippen LogP) is 1.48. The number of rotatable bonds is 6. The largest absolute Gasteiger partial charge is 0.372 e. The highest BCUT2D eigenvalue weighted by molar-refractivity contribution is 5.76. The lowest BCUT2D eigenvalue weighted by molar-refractivity contribution is -0.144. The van der Waals surface area contributed by atoms with Gasteiger partial charge in [-0.3, -0.25) is 4.79 Å². The molecule has 0 radical (unpaired) electrons. The zero-order valence-electron chi connectivity index (χ0n) is 14.8. The molecule has 0 saturated carbocycles. The third kappa shape index (κ3) is 4.85. The molecule has 0 N–H and O–H groups in total. The van der Waals surface area contributed by atoms with Crippen molar-refractivity contribution < 1.29 is 9.53 Å². The van der Waals surface area contributed by atoms with Crippen LogP contribution in [0.4, 0.5) is 0 Å². The Morgan fingerprint density at radius 1 is 1.16 bits per heavy atom. The van der Waals surface area contributed by atoms with Crippen LogP contribution in [-0.2, 0) is 28.9 Å². The molecule has 2 aromatic rings. The normalized spacial score (nSPS) is 20.6. The summed E-state index contributed by atoms with van der Waals surface area (Å²) >= 11 is 0. The average molecular weight is 343 g/mol. The highest BCUT2D eigenvalue weighted by Gasteiger charge is 2.26. The van der Waals surface area contributed by atoms with Gasteiger partial charge in [-0.05, 0) is 42.7 Å². The number of carbonyl (C=O) groups is 1. The van der Waals surface area contributed by atoms with Crippen LogP contribution in [0.15, 0.2) is 30.3 Å². The Labute approximate surface area is 148 Å². The minimum absolute atomic E-state index is 0.0404. The third-order valence-electron chi connectivity index (χ3n) is 4.37. The van der Waals surface area contributed by atoms with E-state index in [-0.39, 0.29) is 24.7 Å². The van der Waals surface area contributed by atoms with Crippen molar-refractivity contribution in [3.05, 3.63) is 41.7 Å². The van der Waals surface area contributed by atoms with E-state index in [0.717, 1.165) is 25.1 Å². The van der Waals surface area contributed by atoms with Crippen molar-refractivity contribution in [3.8, 4) is 0 Å². The van der Waals surface area contributed by atoms with Gasteiger partial charge in [0.2, 0.25) is 5.91 Å². The molecule has 7 nitrogen and oxygen atoms in total. The number of nitrogens with zero attached hydrogens (tertiary/aromatic N) is 5. The van der Waals surface area contributed by atoms with E-state index in [4.69, 9.17) is 4.74 Å². The van der Waals surface area contributed by atoms with Crippen LogP contribution < -0.4 is 0 Å². The summed E-state index contributed by atoms with van der Waals surface area (Å²) in [5.74, 6) is 0.803. The number of benzene rings is 1. The van der Waals surface area contributed by atoms with Crippen molar-refractivity contribution in [3.63, 3.8) is 0 Å². The van der Waals surface area contributed by atoms with Crippen LogP contribution in [0.25, 0.3) is 0 Å². The van der Waals surface area contributed by atoms with Gasteiger partial charge in [-0.15, -0.1) is 5.10 Å². The van der Waals surface area contributed by atoms with Crippen molar-refractivity contribution >= 4 is 5.91 Å². The summed E-state index contributed by atoms with van der Waals surface area (Å²) in [6.45, 7) is 5.40. The fraction of sp³-hybridized carbons (Fsp3) is 0.556. The highest BCUT2D eigenvalue weighted by Crippen LogP contribution is 2.12. The Morgan fingerprint density at radius 3 is 2.60 bits per heavy atom. The maximum atomic E-state index is 12.6. The smallest absolute Gasteiger partial charge is 0.244 e. The summed E-state index contributed by atoms with van der Waals surface area (Å²) in [5, 5.41) is 11.8. The first-order valence-corrected chi connectivity index (χ1v) is 8.84. The molecule has 1 saturated heterocycles. The van der Waals surface area contributed by atoms with Crippen molar-refractivity contribution in [1.29, 1.82) is 0 Å². The molecule has 0 bridgehead atoms. The predicted molar refractivity (Wildman–Crippen MR) is 92.9 cm³/mol. The van der Waals surface area contributed by atoms with E-state index < -0.39 is 0 Å². The number of ether oxygens (including phenoxy) is 1. The van der Waals surface area contributed by atoms with E-state index >= 15 is 0 Å². The molecule has 1 aliphatic heterocycles. The van der Waals surface area contributed by atoms with Gasteiger partial charge < -0.3 is 9.64 Å². The molecular weight excluding hydrogens is 318 g/mol. The number of hydrogen-bond acceptors (Lipinski definition) is 5. The molecule has 7 heteroatoms. The lowest BCUT2D eigenvalue weighted by atomic mass is 10.1. The van der Waals surface area contributed by atoms with Gasteiger partial charge in [-0.1, -0.05) is 30.3 Å². The van der Waals surface area contributed by atoms with Gasteiger partial charge >= 0.3 is 0 Å². The maximum Gasteiger partial charge on any atom is 0.244 e. The number of amides is 1. The fourth-order valence-electron chi connectivity index (χ4n) is 3.23. The number of aromatic nitrogens is 4. The van der Waals surface area contributed by atoms with Gasteiger partial charge in [0.05, 0.1) is 12.2 Å². The standard InChI is InChI=1S/C18H25N5O2/c1-14-11-22(12-15(2)25-14)18(24)13-23-17(19-20-21-23)10-6-9-16-7-4-3-5-8-16/h3-5,7-8,14-15H,6,9-13H2,1-2H3/t14-,15+. The van der Waals surface area contributed by atoms with E-state index in [1.807, 2.05) is 36.9 Å². The van der Waals surface area contributed by atoms with E-state index in [2.05, 4.69) is 27.7 Å². The highest BCUT2D eigenvalue weighted by atomic mass is 16.5. The summed E-state index contributed by atoms with van der Waals surface area (Å²) < 4.78 is 7.30. The summed E-state index contributed by atoms with van der Waals surface area (Å²) in [4.78, 5) is 14.4. The van der Waals surface area contributed by atoms with Gasteiger partial charge in [-0.2, -0.15) is 0 Å². The second-order valence-electron chi connectivity index (χ2n) is 6.65. The molecule has 0 unspecified atom stereocenters. The number of morpholine rings is 1. The van der Waals surface area contributed by atoms with Gasteiger partial charge in [0.15, 0.2) is 5.82 Å². The molecule has 1 aromatic heterocycles. The van der Waals surface area contributed by atoms with Crippen LogP contribution >= 0.6 is 0 Å². The topological polar surface area (TPSA) is 73.1 Å². The molecule has 2 heterocycles. The minimum atomic E-state index is 0.0404. The number of hydrogen-bond donors (Lipinski definition) is 0. The second kappa shape index (κ2) is 8.20. The van der Waals surface area contributed by atoms with E-state index in [1.165, 1.54) is 5.56 Å². The Kier molecular flexibility index (Phi) is 5.75.